The van der Waals surface area contributed by atoms with E-state index in [1.807, 2.05) is 0 Å². The van der Waals surface area contributed by atoms with Crippen molar-refractivity contribution in [1.29, 1.82) is 5.26 Å². The molecule has 31 heavy (non-hydrogen) atoms. The van der Waals surface area contributed by atoms with Crippen LogP contribution in [-0.2, 0) is 0 Å². The predicted octanol–water partition coefficient (Wildman–Crippen LogP) is 2.35. The second-order valence-corrected chi connectivity index (χ2v) is 7.64. The lowest BCUT2D eigenvalue weighted by molar-refractivity contribution is 0.425. The molecule has 0 aliphatic heterocycles. The Balaban J connectivity index is 1.66. The van der Waals surface area contributed by atoms with E-state index in [1.54, 1.807) is 41.1 Å². The van der Waals surface area contributed by atoms with Gasteiger partial charge in [0.2, 0.25) is 0 Å². The highest BCUT2D eigenvalue weighted by molar-refractivity contribution is 6.33. The van der Waals surface area contributed by atoms with Gasteiger partial charge in [0.15, 0.2) is 22.9 Å². The molecular formula is C21H16ClN7O2. The van der Waals surface area contributed by atoms with E-state index in [9.17, 15) is 10.2 Å². The van der Waals surface area contributed by atoms with Crippen LogP contribution in [-0.4, -0.2) is 35.8 Å². The van der Waals surface area contributed by atoms with Crippen LogP contribution in [0, 0.1) is 11.3 Å². The molecule has 0 unspecified atom stereocenters. The maximum atomic E-state index is 9.94. The summed E-state index contributed by atoms with van der Waals surface area (Å²) in [7, 11) is 0. The number of benzene rings is 1. The van der Waals surface area contributed by atoms with E-state index >= 15 is 0 Å². The standard InChI is InChI=1S/C21H16ClN7O2/c22-15-5-11(9-23)1-4-16(15)26-17-8-18(25-14-2-3-14)29-20(27-17)13(10-24-29)6-12-7-19(30)28-21(12)31/h1,4-8,10,14,26,28,30-31H,2-3H2. The van der Waals surface area contributed by atoms with Gasteiger partial charge in [0.1, 0.15) is 5.82 Å². The van der Waals surface area contributed by atoms with Gasteiger partial charge in [-0.3, -0.25) is 9.98 Å². The summed E-state index contributed by atoms with van der Waals surface area (Å²) in [4.78, 5) is 11.8. The van der Waals surface area contributed by atoms with Crippen LogP contribution >= 0.6 is 11.6 Å². The maximum Gasteiger partial charge on any atom is 0.198 e. The van der Waals surface area contributed by atoms with Crippen molar-refractivity contribution < 1.29 is 10.2 Å². The van der Waals surface area contributed by atoms with Gasteiger partial charge in [-0.1, -0.05) is 11.6 Å². The van der Waals surface area contributed by atoms with Gasteiger partial charge in [-0.15, -0.1) is 0 Å². The fourth-order valence-corrected chi connectivity index (χ4v) is 3.39. The Labute approximate surface area is 180 Å². The third-order valence-corrected chi connectivity index (χ3v) is 5.14. The highest BCUT2D eigenvalue weighted by Gasteiger charge is 2.20. The van der Waals surface area contributed by atoms with Gasteiger partial charge in [0.25, 0.3) is 0 Å². The minimum Gasteiger partial charge on any atom is -0.494 e. The zero-order chi connectivity index (χ0) is 21.5. The van der Waals surface area contributed by atoms with E-state index < -0.39 is 0 Å². The zero-order valence-corrected chi connectivity index (χ0v) is 16.8. The van der Waals surface area contributed by atoms with Crippen LogP contribution in [0.2, 0.25) is 5.02 Å². The Kier molecular flexibility index (Phi) is 4.49. The van der Waals surface area contributed by atoms with Gasteiger partial charge in [-0.05, 0) is 37.1 Å². The number of hydrogen-bond acceptors (Lipinski definition) is 7. The molecule has 0 spiro atoms. The van der Waals surface area contributed by atoms with Crippen LogP contribution in [0.1, 0.15) is 24.0 Å². The Hall–Kier alpha value is -4.03. The number of fused-ring (bicyclic) bond motifs is 1. The van der Waals surface area contributed by atoms with Gasteiger partial charge in [0.05, 0.1) is 34.6 Å². The van der Waals surface area contributed by atoms with Crippen LogP contribution in [0.3, 0.4) is 0 Å². The number of nitriles is 1. The van der Waals surface area contributed by atoms with Gasteiger partial charge >= 0.3 is 0 Å². The number of halogens is 1. The largest absolute Gasteiger partial charge is 0.494 e. The van der Waals surface area contributed by atoms with E-state index in [0.717, 1.165) is 12.8 Å². The summed E-state index contributed by atoms with van der Waals surface area (Å²) in [5.74, 6) is 0.212. The van der Waals surface area contributed by atoms with Crippen molar-refractivity contribution in [2.45, 2.75) is 18.9 Å². The van der Waals surface area contributed by atoms with E-state index in [2.05, 4.69) is 26.5 Å². The van der Waals surface area contributed by atoms with Crippen molar-refractivity contribution in [1.82, 2.24) is 19.6 Å². The number of aromatic amines is 1. The van der Waals surface area contributed by atoms with Crippen LogP contribution < -0.4 is 16.0 Å². The molecule has 9 nitrogen and oxygen atoms in total. The van der Waals surface area contributed by atoms with Crippen molar-refractivity contribution in [3.63, 3.8) is 0 Å². The molecule has 5 rings (SSSR count). The molecule has 0 atom stereocenters. The number of nitrogens with zero attached hydrogens (tertiary/aromatic N) is 5. The second-order valence-electron chi connectivity index (χ2n) is 7.23. The lowest BCUT2D eigenvalue weighted by Crippen LogP contribution is -2.19. The maximum absolute atomic E-state index is 9.94. The summed E-state index contributed by atoms with van der Waals surface area (Å²) in [5, 5.41) is 37.2. The summed E-state index contributed by atoms with van der Waals surface area (Å²) in [6, 6.07) is 10.5. The molecule has 3 heterocycles. The minimum atomic E-state index is -0.154. The second kappa shape index (κ2) is 7.34. The molecule has 10 heteroatoms. The normalized spacial score (nSPS) is 14.8. The van der Waals surface area contributed by atoms with Crippen molar-refractivity contribution in [2.75, 3.05) is 5.32 Å². The number of H-pyrrole nitrogens is 1. The SMILES string of the molecule is N#Cc1ccc(Nc2cc(=NC3CC3)n3ncc(=Cc4cc(O)[nH]c4O)c3n2)c(Cl)c1. The molecule has 0 radical (unpaired) electrons. The lowest BCUT2D eigenvalue weighted by Gasteiger charge is -2.08. The van der Waals surface area contributed by atoms with E-state index in [1.165, 1.54) is 6.07 Å². The van der Waals surface area contributed by atoms with Crippen LogP contribution in [0.25, 0.3) is 11.7 Å². The summed E-state index contributed by atoms with van der Waals surface area (Å²) < 4.78 is 1.64. The topological polar surface area (TPSA) is 135 Å². The summed E-state index contributed by atoms with van der Waals surface area (Å²) >= 11 is 6.30. The minimum absolute atomic E-state index is 0.143. The molecule has 1 saturated carbocycles. The fourth-order valence-electron chi connectivity index (χ4n) is 3.16. The first-order valence-electron chi connectivity index (χ1n) is 9.52. The molecule has 4 N–H and O–H groups in total. The molecule has 4 aromatic rings. The van der Waals surface area contributed by atoms with Crippen LogP contribution in [0.15, 0.2) is 41.5 Å². The molecule has 1 aliphatic carbocycles. The van der Waals surface area contributed by atoms with Crippen molar-refractivity contribution >= 4 is 34.8 Å². The average Bonchev–Trinajstić information content (AvgIpc) is 3.38. The Bertz CT molecular complexity index is 1480. The van der Waals surface area contributed by atoms with Crippen molar-refractivity contribution in [2.24, 2.45) is 4.99 Å². The van der Waals surface area contributed by atoms with Gasteiger partial charge in [-0.25, -0.2) is 4.98 Å². The van der Waals surface area contributed by atoms with E-state index in [4.69, 9.17) is 21.9 Å². The van der Waals surface area contributed by atoms with Crippen LogP contribution in [0.5, 0.6) is 11.8 Å². The number of nitrogens with one attached hydrogen (secondary N) is 2. The summed E-state index contributed by atoms with van der Waals surface area (Å²) in [6.07, 6.45) is 5.35. The molecule has 0 saturated heterocycles. The van der Waals surface area contributed by atoms with Crippen LogP contribution in [0.4, 0.5) is 11.5 Å². The molecule has 1 aromatic carbocycles. The zero-order valence-electron chi connectivity index (χ0n) is 16.0. The van der Waals surface area contributed by atoms with Crippen molar-refractivity contribution in [3.8, 4) is 17.8 Å². The smallest absolute Gasteiger partial charge is 0.198 e. The molecule has 0 amide bonds. The fraction of sp³-hybridized carbons (Fsp3) is 0.143. The number of anilines is 2. The Morgan fingerprint density at radius 3 is 2.81 bits per heavy atom. The first-order chi connectivity index (χ1) is 15.0. The number of rotatable bonds is 4. The summed E-state index contributed by atoms with van der Waals surface area (Å²) in [6.45, 7) is 0. The highest BCUT2D eigenvalue weighted by Crippen LogP contribution is 2.26. The monoisotopic (exact) mass is 433 g/mol. The Morgan fingerprint density at radius 2 is 2.13 bits per heavy atom. The molecule has 154 valence electrons. The molecule has 1 fully saturated rings. The quantitative estimate of drug-likeness (QED) is 0.390. The first-order valence-corrected chi connectivity index (χ1v) is 9.90. The van der Waals surface area contributed by atoms with Crippen molar-refractivity contribution in [3.05, 3.63) is 63.4 Å². The molecular weight excluding hydrogens is 418 g/mol. The molecule has 1 aliphatic rings. The van der Waals surface area contributed by atoms with Gasteiger partial charge in [0, 0.05) is 22.9 Å². The predicted molar refractivity (Wildman–Crippen MR) is 114 cm³/mol. The van der Waals surface area contributed by atoms with Gasteiger partial charge in [-0.2, -0.15) is 14.9 Å². The highest BCUT2D eigenvalue weighted by atomic mass is 35.5. The number of aromatic nitrogens is 4. The average molecular weight is 434 g/mol. The summed E-state index contributed by atoms with van der Waals surface area (Å²) in [5.41, 5.74) is 2.64. The molecule has 3 aromatic heterocycles. The number of aromatic hydroxyl groups is 2. The number of hydrogen-bond donors (Lipinski definition) is 4. The Morgan fingerprint density at radius 1 is 1.29 bits per heavy atom. The van der Waals surface area contributed by atoms with E-state index in [0.29, 0.717) is 44.0 Å². The molecule has 0 bridgehead atoms. The third kappa shape index (κ3) is 3.76. The first kappa shape index (κ1) is 19.0. The lowest BCUT2D eigenvalue weighted by atomic mass is 10.2. The third-order valence-electron chi connectivity index (χ3n) is 4.83. The van der Waals surface area contributed by atoms with E-state index in [-0.39, 0.29) is 17.8 Å². The van der Waals surface area contributed by atoms with Gasteiger partial charge < -0.3 is 15.5 Å².